The Morgan fingerprint density at radius 3 is 2.76 bits per heavy atom. The number of rotatable bonds is 3. The number of fused-ring (bicyclic) bond motifs is 1. The standard InChI is InChI=1S/C17H15BrClNO/c18-13-4-7-15(8-5-13)20-17(21)9-12-2-1-11-3-6-14(19)10-16(11)12/h3-8,10,12H,1-2,9H2,(H,20,21). The maximum absolute atomic E-state index is 12.2. The topological polar surface area (TPSA) is 29.1 Å². The summed E-state index contributed by atoms with van der Waals surface area (Å²) < 4.78 is 1.000. The molecule has 1 atom stereocenters. The van der Waals surface area contributed by atoms with Gasteiger partial charge < -0.3 is 5.32 Å². The van der Waals surface area contributed by atoms with Crippen LogP contribution in [0.3, 0.4) is 0 Å². The van der Waals surface area contributed by atoms with Gasteiger partial charge in [0.15, 0.2) is 0 Å². The van der Waals surface area contributed by atoms with E-state index in [1.54, 1.807) is 0 Å². The molecule has 0 spiro atoms. The van der Waals surface area contributed by atoms with Crippen molar-refractivity contribution in [2.45, 2.75) is 25.2 Å². The van der Waals surface area contributed by atoms with Crippen molar-refractivity contribution in [1.29, 1.82) is 0 Å². The Hall–Kier alpha value is -1.32. The van der Waals surface area contributed by atoms with E-state index in [4.69, 9.17) is 11.6 Å². The van der Waals surface area contributed by atoms with Crippen LogP contribution in [-0.4, -0.2) is 5.91 Å². The normalized spacial score (nSPS) is 16.6. The summed E-state index contributed by atoms with van der Waals surface area (Å²) in [5.74, 6) is 0.323. The summed E-state index contributed by atoms with van der Waals surface area (Å²) in [6.45, 7) is 0. The zero-order valence-corrected chi connectivity index (χ0v) is 13.7. The lowest BCUT2D eigenvalue weighted by atomic mass is 9.97. The van der Waals surface area contributed by atoms with E-state index in [2.05, 4.69) is 27.3 Å². The van der Waals surface area contributed by atoms with Crippen molar-refractivity contribution >= 4 is 39.1 Å². The number of anilines is 1. The molecule has 0 heterocycles. The molecule has 21 heavy (non-hydrogen) atoms. The second kappa shape index (κ2) is 6.20. The van der Waals surface area contributed by atoms with Crippen molar-refractivity contribution < 1.29 is 4.79 Å². The van der Waals surface area contributed by atoms with Crippen LogP contribution < -0.4 is 5.32 Å². The van der Waals surface area contributed by atoms with Gasteiger partial charge in [-0.3, -0.25) is 4.79 Å². The highest BCUT2D eigenvalue weighted by atomic mass is 79.9. The molecule has 2 nitrogen and oxygen atoms in total. The van der Waals surface area contributed by atoms with Gasteiger partial charge in [0.2, 0.25) is 5.91 Å². The molecular formula is C17H15BrClNO. The molecule has 1 aliphatic carbocycles. The van der Waals surface area contributed by atoms with Crippen LogP contribution in [-0.2, 0) is 11.2 Å². The summed E-state index contributed by atoms with van der Waals surface area (Å²) in [4.78, 5) is 12.2. The molecule has 0 aromatic heterocycles. The molecule has 1 aliphatic rings. The molecular weight excluding hydrogens is 350 g/mol. The Labute approximate surface area is 137 Å². The molecule has 0 aliphatic heterocycles. The van der Waals surface area contributed by atoms with Crippen molar-refractivity contribution in [3.05, 3.63) is 63.1 Å². The van der Waals surface area contributed by atoms with Gasteiger partial charge in [-0.1, -0.05) is 33.6 Å². The lowest BCUT2D eigenvalue weighted by Gasteiger charge is -2.12. The number of amides is 1. The first-order valence-corrected chi connectivity index (χ1v) is 8.12. The predicted molar refractivity (Wildman–Crippen MR) is 89.9 cm³/mol. The van der Waals surface area contributed by atoms with E-state index in [-0.39, 0.29) is 11.8 Å². The molecule has 1 amide bonds. The van der Waals surface area contributed by atoms with Gasteiger partial charge >= 0.3 is 0 Å². The van der Waals surface area contributed by atoms with E-state index in [0.29, 0.717) is 6.42 Å². The number of hydrogen-bond acceptors (Lipinski definition) is 1. The number of carbonyl (C=O) groups is 1. The van der Waals surface area contributed by atoms with E-state index in [1.165, 1.54) is 11.1 Å². The van der Waals surface area contributed by atoms with Crippen molar-refractivity contribution in [3.63, 3.8) is 0 Å². The summed E-state index contributed by atoms with van der Waals surface area (Å²) >= 11 is 9.45. The molecule has 0 fully saturated rings. The number of carbonyl (C=O) groups excluding carboxylic acids is 1. The third kappa shape index (κ3) is 3.47. The maximum atomic E-state index is 12.2. The summed E-state index contributed by atoms with van der Waals surface area (Å²) in [6, 6.07) is 13.6. The predicted octanol–water partition coefficient (Wildman–Crippen LogP) is 5.16. The highest BCUT2D eigenvalue weighted by Gasteiger charge is 2.24. The lowest BCUT2D eigenvalue weighted by Crippen LogP contribution is -2.14. The number of benzene rings is 2. The van der Waals surface area contributed by atoms with Crippen LogP contribution in [0.1, 0.15) is 29.9 Å². The number of aryl methyl sites for hydroxylation is 1. The fraction of sp³-hybridized carbons (Fsp3) is 0.235. The van der Waals surface area contributed by atoms with E-state index in [1.807, 2.05) is 36.4 Å². The average Bonchev–Trinajstić information content (AvgIpc) is 2.84. The zero-order valence-electron chi connectivity index (χ0n) is 11.4. The molecule has 108 valence electrons. The minimum absolute atomic E-state index is 0.0511. The summed E-state index contributed by atoms with van der Waals surface area (Å²) in [7, 11) is 0. The Bertz CT molecular complexity index is 669. The van der Waals surface area contributed by atoms with E-state index >= 15 is 0 Å². The summed E-state index contributed by atoms with van der Waals surface area (Å²) in [5, 5.41) is 3.69. The Balaban J connectivity index is 1.67. The van der Waals surface area contributed by atoms with Crippen LogP contribution in [0.15, 0.2) is 46.9 Å². The van der Waals surface area contributed by atoms with Gasteiger partial charge in [-0.15, -0.1) is 0 Å². The average molecular weight is 365 g/mol. The van der Waals surface area contributed by atoms with Crippen molar-refractivity contribution in [2.24, 2.45) is 0 Å². The highest BCUT2D eigenvalue weighted by molar-refractivity contribution is 9.10. The third-order valence-electron chi connectivity index (χ3n) is 3.87. The maximum Gasteiger partial charge on any atom is 0.224 e. The second-order valence-corrected chi connectivity index (χ2v) is 6.69. The smallest absolute Gasteiger partial charge is 0.224 e. The molecule has 0 bridgehead atoms. The largest absolute Gasteiger partial charge is 0.326 e. The third-order valence-corrected chi connectivity index (χ3v) is 4.63. The molecule has 0 radical (unpaired) electrons. The van der Waals surface area contributed by atoms with Crippen LogP contribution in [0.25, 0.3) is 0 Å². The molecule has 2 aromatic carbocycles. The van der Waals surface area contributed by atoms with E-state index in [9.17, 15) is 4.79 Å². The van der Waals surface area contributed by atoms with Crippen molar-refractivity contribution in [1.82, 2.24) is 0 Å². The fourth-order valence-electron chi connectivity index (χ4n) is 2.84. The first-order valence-electron chi connectivity index (χ1n) is 6.95. The van der Waals surface area contributed by atoms with Gasteiger partial charge in [-0.05, 0) is 66.3 Å². The zero-order chi connectivity index (χ0) is 14.8. The van der Waals surface area contributed by atoms with Gasteiger partial charge in [-0.2, -0.15) is 0 Å². The van der Waals surface area contributed by atoms with E-state index in [0.717, 1.165) is 28.0 Å². The minimum atomic E-state index is 0.0511. The number of hydrogen-bond donors (Lipinski definition) is 1. The van der Waals surface area contributed by atoms with Gasteiger partial charge in [0.05, 0.1) is 0 Å². The Kier molecular flexibility index (Phi) is 4.32. The molecule has 1 unspecified atom stereocenters. The first kappa shape index (κ1) is 14.6. The van der Waals surface area contributed by atoms with Gasteiger partial charge in [0.25, 0.3) is 0 Å². The van der Waals surface area contributed by atoms with Crippen LogP contribution in [0.5, 0.6) is 0 Å². The molecule has 4 heteroatoms. The first-order chi connectivity index (χ1) is 10.1. The second-order valence-electron chi connectivity index (χ2n) is 5.34. The van der Waals surface area contributed by atoms with E-state index < -0.39 is 0 Å². The molecule has 0 saturated carbocycles. The van der Waals surface area contributed by atoms with Crippen molar-refractivity contribution in [3.8, 4) is 0 Å². The van der Waals surface area contributed by atoms with Crippen LogP contribution in [0.2, 0.25) is 5.02 Å². The van der Waals surface area contributed by atoms with Gasteiger partial charge in [-0.25, -0.2) is 0 Å². The quantitative estimate of drug-likeness (QED) is 0.800. The fourth-order valence-corrected chi connectivity index (χ4v) is 3.28. The monoisotopic (exact) mass is 363 g/mol. The minimum Gasteiger partial charge on any atom is -0.326 e. The molecule has 1 N–H and O–H groups in total. The van der Waals surface area contributed by atoms with Gasteiger partial charge in [0.1, 0.15) is 0 Å². The molecule has 2 aromatic rings. The summed E-state index contributed by atoms with van der Waals surface area (Å²) in [5.41, 5.74) is 3.38. The lowest BCUT2D eigenvalue weighted by molar-refractivity contribution is -0.116. The highest BCUT2D eigenvalue weighted by Crippen LogP contribution is 2.37. The van der Waals surface area contributed by atoms with Crippen LogP contribution in [0, 0.1) is 0 Å². The Morgan fingerprint density at radius 2 is 2.00 bits per heavy atom. The number of halogens is 2. The SMILES string of the molecule is O=C(CC1CCc2ccc(Cl)cc21)Nc1ccc(Br)cc1. The van der Waals surface area contributed by atoms with Crippen LogP contribution >= 0.6 is 27.5 Å². The van der Waals surface area contributed by atoms with Gasteiger partial charge in [0, 0.05) is 21.6 Å². The summed E-state index contributed by atoms with van der Waals surface area (Å²) in [6.07, 6.45) is 2.55. The number of nitrogens with one attached hydrogen (secondary N) is 1. The molecule has 3 rings (SSSR count). The van der Waals surface area contributed by atoms with Crippen LogP contribution in [0.4, 0.5) is 5.69 Å². The Morgan fingerprint density at radius 1 is 1.24 bits per heavy atom. The molecule has 0 saturated heterocycles. The van der Waals surface area contributed by atoms with Crippen molar-refractivity contribution in [2.75, 3.05) is 5.32 Å².